The highest BCUT2D eigenvalue weighted by atomic mass is 16.2. The van der Waals surface area contributed by atoms with Crippen LogP contribution in [-0.4, -0.2) is 44.8 Å². The summed E-state index contributed by atoms with van der Waals surface area (Å²) >= 11 is 0. The van der Waals surface area contributed by atoms with Crippen molar-refractivity contribution in [3.63, 3.8) is 0 Å². The second kappa shape index (κ2) is 5.09. The molecule has 14 heavy (non-hydrogen) atoms. The SMILES string of the molecule is NCCCN(N)C(=O)Nc1nn[nH]n1. The monoisotopic (exact) mass is 200 g/mol. The third-order valence-electron chi connectivity index (χ3n) is 1.43. The average Bonchev–Trinajstić information content (AvgIpc) is 2.66. The van der Waals surface area contributed by atoms with Crippen molar-refractivity contribution in [1.29, 1.82) is 0 Å². The fraction of sp³-hybridized carbons (Fsp3) is 0.600. The van der Waals surface area contributed by atoms with Crippen molar-refractivity contribution in [2.75, 3.05) is 18.4 Å². The molecule has 0 fully saturated rings. The summed E-state index contributed by atoms with van der Waals surface area (Å²) in [7, 11) is 0. The van der Waals surface area contributed by atoms with E-state index in [1.165, 1.54) is 0 Å². The number of amides is 2. The van der Waals surface area contributed by atoms with Crippen molar-refractivity contribution in [2.24, 2.45) is 11.6 Å². The van der Waals surface area contributed by atoms with Crippen LogP contribution >= 0.6 is 0 Å². The third kappa shape index (κ3) is 2.95. The van der Waals surface area contributed by atoms with Gasteiger partial charge in [0.25, 0.3) is 5.95 Å². The number of hydrogen-bond donors (Lipinski definition) is 4. The lowest BCUT2D eigenvalue weighted by Crippen LogP contribution is -2.42. The lowest BCUT2D eigenvalue weighted by molar-refractivity contribution is 0.212. The Hall–Kier alpha value is -1.74. The zero-order valence-corrected chi connectivity index (χ0v) is 7.47. The molecule has 2 amide bonds. The summed E-state index contributed by atoms with van der Waals surface area (Å²) in [5, 5.41) is 15.9. The Balaban J connectivity index is 2.34. The van der Waals surface area contributed by atoms with Gasteiger partial charge in [0, 0.05) is 6.54 Å². The number of anilines is 1. The van der Waals surface area contributed by atoms with E-state index in [0.717, 1.165) is 5.01 Å². The minimum Gasteiger partial charge on any atom is -0.330 e. The number of nitrogens with one attached hydrogen (secondary N) is 2. The van der Waals surface area contributed by atoms with E-state index in [0.29, 0.717) is 19.5 Å². The van der Waals surface area contributed by atoms with Crippen molar-refractivity contribution in [3.8, 4) is 0 Å². The number of tetrazole rings is 1. The third-order valence-corrected chi connectivity index (χ3v) is 1.43. The molecular weight excluding hydrogens is 188 g/mol. The van der Waals surface area contributed by atoms with Gasteiger partial charge in [-0.15, -0.1) is 5.10 Å². The zero-order valence-electron chi connectivity index (χ0n) is 7.47. The molecule has 0 bridgehead atoms. The number of carbonyl (C=O) groups excluding carboxylic acids is 1. The molecule has 1 rings (SSSR count). The number of nitrogens with zero attached hydrogens (tertiary/aromatic N) is 4. The van der Waals surface area contributed by atoms with Crippen LogP contribution in [0.3, 0.4) is 0 Å². The van der Waals surface area contributed by atoms with Gasteiger partial charge >= 0.3 is 6.03 Å². The smallest absolute Gasteiger partial charge is 0.330 e. The Morgan fingerprint density at radius 1 is 1.64 bits per heavy atom. The minimum absolute atomic E-state index is 0.0817. The van der Waals surface area contributed by atoms with Gasteiger partial charge < -0.3 is 5.73 Å². The first kappa shape index (κ1) is 10.3. The molecule has 0 aliphatic carbocycles. The molecular formula is C5H12N8O. The van der Waals surface area contributed by atoms with Crippen LogP contribution in [0.4, 0.5) is 10.7 Å². The van der Waals surface area contributed by atoms with Crippen molar-refractivity contribution in [2.45, 2.75) is 6.42 Å². The van der Waals surface area contributed by atoms with Gasteiger partial charge in [0.1, 0.15) is 0 Å². The summed E-state index contributed by atoms with van der Waals surface area (Å²) in [5.41, 5.74) is 5.26. The number of hydrazine groups is 1. The molecule has 78 valence electrons. The fourth-order valence-electron chi connectivity index (χ4n) is 0.745. The van der Waals surface area contributed by atoms with Crippen LogP contribution in [0.1, 0.15) is 6.42 Å². The molecule has 1 aromatic heterocycles. The minimum atomic E-state index is -0.500. The van der Waals surface area contributed by atoms with E-state index in [2.05, 4.69) is 25.9 Å². The molecule has 0 radical (unpaired) electrons. The van der Waals surface area contributed by atoms with Crippen molar-refractivity contribution in [1.82, 2.24) is 25.6 Å². The van der Waals surface area contributed by atoms with Gasteiger partial charge in [-0.2, -0.15) is 5.21 Å². The maximum Gasteiger partial charge on any atom is 0.338 e. The lowest BCUT2D eigenvalue weighted by atomic mass is 10.4. The van der Waals surface area contributed by atoms with Crippen LogP contribution in [0.5, 0.6) is 0 Å². The number of aromatic nitrogens is 4. The summed E-state index contributed by atoms with van der Waals surface area (Å²) in [4.78, 5) is 11.2. The van der Waals surface area contributed by atoms with Gasteiger partial charge in [-0.25, -0.2) is 10.6 Å². The standard InChI is InChI=1S/C5H12N8O/c6-2-1-3-13(7)5(14)8-4-9-11-12-10-4/h1-3,6-7H2,(H2,8,9,10,11,12,14). The number of carbonyl (C=O) groups is 1. The van der Waals surface area contributed by atoms with E-state index in [-0.39, 0.29) is 5.95 Å². The maximum absolute atomic E-state index is 11.2. The number of nitrogens with two attached hydrogens (primary N) is 2. The number of hydrogen-bond acceptors (Lipinski definition) is 6. The van der Waals surface area contributed by atoms with E-state index in [4.69, 9.17) is 11.6 Å². The van der Waals surface area contributed by atoms with Crippen molar-refractivity contribution >= 4 is 12.0 Å². The molecule has 0 spiro atoms. The molecule has 1 heterocycles. The van der Waals surface area contributed by atoms with Gasteiger partial charge in [-0.1, -0.05) is 5.10 Å². The molecule has 9 nitrogen and oxygen atoms in total. The first-order valence-electron chi connectivity index (χ1n) is 4.00. The molecule has 0 saturated heterocycles. The van der Waals surface area contributed by atoms with Crippen molar-refractivity contribution < 1.29 is 4.79 Å². The average molecular weight is 200 g/mol. The largest absolute Gasteiger partial charge is 0.338 e. The van der Waals surface area contributed by atoms with Gasteiger partial charge in [-0.05, 0) is 18.2 Å². The van der Waals surface area contributed by atoms with Crippen LogP contribution in [0, 0.1) is 0 Å². The topological polar surface area (TPSA) is 139 Å². The normalized spacial score (nSPS) is 9.86. The van der Waals surface area contributed by atoms with E-state index in [1.54, 1.807) is 0 Å². The van der Waals surface area contributed by atoms with Crippen LogP contribution < -0.4 is 16.9 Å². The summed E-state index contributed by atoms with van der Waals surface area (Å²) in [6.07, 6.45) is 0.635. The number of aromatic amines is 1. The Kier molecular flexibility index (Phi) is 3.76. The van der Waals surface area contributed by atoms with E-state index < -0.39 is 6.03 Å². The molecule has 9 heteroatoms. The van der Waals surface area contributed by atoms with Crippen LogP contribution in [0.2, 0.25) is 0 Å². The summed E-state index contributed by atoms with van der Waals surface area (Å²) in [6, 6.07) is -0.500. The quantitative estimate of drug-likeness (QED) is 0.258. The maximum atomic E-state index is 11.2. The first-order chi connectivity index (χ1) is 6.74. The van der Waals surface area contributed by atoms with Crippen LogP contribution in [-0.2, 0) is 0 Å². The van der Waals surface area contributed by atoms with Gasteiger partial charge in [0.2, 0.25) is 0 Å². The second-order valence-corrected chi connectivity index (χ2v) is 2.50. The number of H-pyrrole nitrogens is 1. The molecule has 0 aliphatic heterocycles. The zero-order chi connectivity index (χ0) is 10.4. The molecule has 0 unspecified atom stereocenters. The highest BCUT2D eigenvalue weighted by molar-refractivity contribution is 5.86. The number of urea groups is 1. The van der Waals surface area contributed by atoms with Gasteiger partial charge in [0.15, 0.2) is 0 Å². The second-order valence-electron chi connectivity index (χ2n) is 2.50. The predicted octanol–water partition coefficient (Wildman–Crippen LogP) is -1.74. The molecule has 6 N–H and O–H groups in total. The van der Waals surface area contributed by atoms with Gasteiger partial charge in [0.05, 0.1) is 0 Å². The van der Waals surface area contributed by atoms with Crippen molar-refractivity contribution in [3.05, 3.63) is 0 Å². The summed E-state index contributed by atoms with van der Waals surface area (Å²) < 4.78 is 0. The molecule has 0 atom stereocenters. The molecule has 0 aliphatic rings. The summed E-state index contributed by atoms with van der Waals surface area (Å²) in [5.74, 6) is 5.48. The Bertz CT molecular complexity index is 271. The fourth-order valence-corrected chi connectivity index (χ4v) is 0.745. The Morgan fingerprint density at radius 2 is 2.43 bits per heavy atom. The highest BCUT2D eigenvalue weighted by Gasteiger charge is 2.10. The molecule has 1 aromatic rings. The molecule has 0 aromatic carbocycles. The van der Waals surface area contributed by atoms with Crippen LogP contribution in [0.25, 0.3) is 0 Å². The van der Waals surface area contributed by atoms with E-state index in [1.807, 2.05) is 0 Å². The predicted molar refractivity (Wildman–Crippen MR) is 47.8 cm³/mol. The van der Waals surface area contributed by atoms with E-state index >= 15 is 0 Å². The molecule has 0 saturated carbocycles. The number of rotatable bonds is 4. The Morgan fingerprint density at radius 3 is 3.00 bits per heavy atom. The van der Waals surface area contributed by atoms with Crippen LogP contribution in [0.15, 0.2) is 0 Å². The summed E-state index contributed by atoms with van der Waals surface area (Å²) in [6.45, 7) is 0.851. The first-order valence-corrected chi connectivity index (χ1v) is 4.00. The van der Waals surface area contributed by atoms with E-state index in [9.17, 15) is 4.79 Å². The Labute approximate surface area is 79.8 Å². The van der Waals surface area contributed by atoms with Gasteiger partial charge in [-0.3, -0.25) is 10.3 Å². The lowest BCUT2D eigenvalue weighted by Gasteiger charge is -2.14. The highest BCUT2D eigenvalue weighted by Crippen LogP contribution is 1.93.